The number of esters is 1. The second-order valence-electron chi connectivity index (χ2n) is 4.05. The monoisotopic (exact) mass is 277 g/mol. The Bertz CT molecular complexity index is 249. The van der Waals surface area contributed by atoms with Gasteiger partial charge in [0, 0.05) is 11.9 Å². The van der Waals surface area contributed by atoms with Crippen LogP contribution in [-0.4, -0.2) is 42.2 Å². The maximum absolute atomic E-state index is 11.7. The second kappa shape index (κ2) is 4.80. The minimum Gasteiger partial charge on any atom is -0.469 e. The molecule has 0 amide bonds. The highest BCUT2D eigenvalue weighted by molar-refractivity contribution is 9.09. The molecular weight excluding hydrogens is 262 g/mol. The van der Waals surface area contributed by atoms with E-state index < -0.39 is 0 Å². The molecule has 0 aromatic carbocycles. The van der Waals surface area contributed by atoms with E-state index in [-0.39, 0.29) is 24.0 Å². The number of fused-ring (bicyclic) bond motifs is 1. The van der Waals surface area contributed by atoms with Crippen LogP contribution in [0.2, 0.25) is 0 Å². The zero-order chi connectivity index (χ0) is 10.8. The summed E-state index contributed by atoms with van der Waals surface area (Å²) in [5.74, 6) is -0.275. The minimum atomic E-state index is -0.145. The molecule has 0 N–H and O–H groups in total. The van der Waals surface area contributed by atoms with E-state index in [2.05, 4.69) is 15.9 Å². The lowest BCUT2D eigenvalue weighted by Gasteiger charge is -2.28. The lowest BCUT2D eigenvalue weighted by molar-refractivity contribution is -0.165. The standard InChI is InChI=1S/C10H16BrNO3/c1-14-10(13)9-7-4-2-3-5-12(7)15-8(9)6-11/h7-9H,2-6H2,1H3/t7-,8-,9+/m1/s1. The summed E-state index contributed by atoms with van der Waals surface area (Å²) in [7, 11) is 1.44. The number of nitrogens with zero attached hydrogens (tertiary/aromatic N) is 1. The summed E-state index contributed by atoms with van der Waals surface area (Å²) >= 11 is 3.39. The summed E-state index contributed by atoms with van der Waals surface area (Å²) in [6, 6.07) is 0.216. The third-order valence-corrected chi connectivity index (χ3v) is 3.85. The van der Waals surface area contributed by atoms with Gasteiger partial charge in [0.1, 0.15) is 12.0 Å². The van der Waals surface area contributed by atoms with Crippen molar-refractivity contribution in [3.05, 3.63) is 0 Å². The van der Waals surface area contributed by atoms with E-state index in [9.17, 15) is 4.79 Å². The van der Waals surface area contributed by atoms with Crippen LogP contribution in [0.5, 0.6) is 0 Å². The number of hydrogen-bond acceptors (Lipinski definition) is 4. The molecule has 2 aliphatic heterocycles. The molecule has 86 valence electrons. The largest absolute Gasteiger partial charge is 0.469 e. The van der Waals surface area contributed by atoms with Crippen LogP contribution < -0.4 is 0 Å². The Morgan fingerprint density at radius 3 is 3.07 bits per heavy atom. The lowest BCUT2D eigenvalue weighted by Crippen LogP contribution is -2.40. The van der Waals surface area contributed by atoms with E-state index in [1.165, 1.54) is 13.5 Å². The van der Waals surface area contributed by atoms with Crippen LogP contribution >= 0.6 is 15.9 Å². The van der Waals surface area contributed by atoms with Crippen molar-refractivity contribution in [2.75, 3.05) is 19.0 Å². The number of hydroxylamine groups is 2. The number of hydrogen-bond donors (Lipinski definition) is 0. The third kappa shape index (κ3) is 2.05. The smallest absolute Gasteiger partial charge is 0.313 e. The molecular formula is C10H16BrNO3. The van der Waals surface area contributed by atoms with Gasteiger partial charge in [-0.1, -0.05) is 22.4 Å². The van der Waals surface area contributed by atoms with Crippen molar-refractivity contribution >= 4 is 21.9 Å². The van der Waals surface area contributed by atoms with Crippen molar-refractivity contribution in [3.8, 4) is 0 Å². The summed E-state index contributed by atoms with van der Waals surface area (Å²) in [6.07, 6.45) is 3.29. The van der Waals surface area contributed by atoms with E-state index in [1.807, 2.05) is 5.06 Å². The maximum atomic E-state index is 11.7. The van der Waals surface area contributed by atoms with Gasteiger partial charge in [0.05, 0.1) is 13.2 Å². The lowest BCUT2D eigenvalue weighted by atomic mass is 9.90. The zero-order valence-corrected chi connectivity index (χ0v) is 10.4. The van der Waals surface area contributed by atoms with E-state index >= 15 is 0 Å². The SMILES string of the molecule is COC(=O)[C@H]1[C@H]2CCCCN2O[C@@H]1CBr. The molecule has 2 rings (SSSR count). The normalized spacial score (nSPS) is 36.3. The van der Waals surface area contributed by atoms with Crippen molar-refractivity contribution in [2.24, 2.45) is 5.92 Å². The number of ether oxygens (including phenoxy) is 1. The molecule has 5 heteroatoms. The summed E-state index contributed by atoms with van der Waals surface area (Å²) < 4.78 is 4.85. The quantitative estimate of drug-likeness (QED) is 0.564. The fourth-order valence-electron chi connectivity index (χ4n) is 2.48. The van der Waals surface area contributed by atoms with Crippen LogP contribution in [0.3, 0.4) is 0 Å². The first-order valence-corrected chi connectivity index (χ1v) is 6.47. The summed E-state index contributed by atoms with van der Waals surface area (Å²) in [6.45, 7) is 0.932. The van der Waals surface area contributed by atoms with Gasteiger partial charge >= 0.3 is 5.97 Å². The number of alkyl halides is 1. The number of halogens is 1. The molecule has 0 saturated carbocycles. The molecule has 0 bridgehead atoms. The first-order valence-electron chi connectivity index (χ1n) is 5.35. The molecule has 0 aliphatic carbocycles. The molecule has 0 aromatic heterocycles. The Labute approximate surface area is 98.0 Å². The van der Waals surface area contributed by atoms with Crippen molar-refractivity contribution in [3.63, 3.8) is 0 Å². The van der Waals surface area contributed by atoms with Crippen LogP contribution in [0, 0.1) is 5.92 Å². The molecule has 3 atom stereocenters. The van der Waals surface area contributed by atoms with Gasteiger partial charge in [-0.25, -0.2) is 0 Å². The molecule has 15 heavy (non-hydrogen) atoms. The van der Waals surface area contributed by atoms with Crippen LogP contribution in [0.25, 0.3) is 0 Å². The molecule has 0 aromatic rings. The van der Waals surface area contributed by atoms with Gasteiger partial charge in [-0.2, -0.15) is 5.06 Å². The molecule has 2 aliphatic rings. The highest BCUT2D eigenvalue weighted by Crippen LogP contribution is 2.35. The Morgan fingerprint density at radius 1 is 1.60 bits per heavy atom. The highest BCUT2D eigenvalue weighted by Gasteiger charge is 2.48. The summed E-state index contributed by atoms with van der Waals surface area (Å²) in [4.78, 5) is 17.4. The number of carbonyl (C=O) groups excluding carboxylic acids is 1. The molecule has 0 unspecified atom stereocenters. The third-order valence-electron chi connectivity index (χ3n) is 3.21. The molecule has 2 heterocycles. The van der Waals surface area contributed by atoms with E-state index in [4.69, 9.17) is 9.57 Å². The summed E-state index contributed by atoms with van der Waals surface area (Å²) in [5, 5.41) is 2.65. The molecule has 2 fully saturated rings. The number of methoxy groups -OCH3 is 1. The topological polar surface area (TPSA) is 38.8 Å². The fraction of sp³-hybridized carbons (Fsp3) is 0.900. The highest BCUT2D eigenvalue weighted by atomic mass is 79.9. The van der Waals surface area contributed by atoms with Gasteiger partial charge in [0.25, 0.3) is 0 Å². The molecule has 2 saturated heterocycles. The second-order valence-corrected chi connectivity index (χ2v) is 4.70. The average molecular weight is 278 g/mol. The van der Waals surface area contributed by atoms with Gasteiger partial charge < -0.3 is 4.74 Å². The number of piperidine rings is 1. The zero-order valence-electron chi connectivity index (χ0n) is 8.82. The number of carbonyl (C=O) groups is 1. The first kappa shape index (κ1) is 11.4. The van der Waals surface area contributed by atoms with Crippen molar-refractivity contribution in [1.82, 2.24) is 5.06 Å². The minimum absolute atomic E-state index is 0.0689. The Kier molecular flexibility index (Phi) is 3.64. The van der Waals surface area contributed by atoms with Crippen molar-refractivity contribution < 1.29 is 14.4 Å². The fourth-order valence-corrected chi connectivity index (χ4v) is 3.00. The predicted molar refractivity (Wildman–Crippen MR) is 58.5 cm³/mol. The summed E-state index contributed by atoms with van der Waals surface area (Å²) in [5.41, 5.74) is 0. The average Bonchev–Trinajstić information content (AvgIpc) is 2.66. The Morgan fingerprint density at radius 2 is 2.40 bits per heavy atom. The molecule has 0 spiro atoms. The predicted octanol–water partition coefficient (Wildman–Crippen LogP) is 1.34. The van der Waals surface area contributed by atoms with Gasteiger partial charge in [-0.15, -0.1) is 0 Å². The van der Waals surface area contributed by atoms with Crippen molar-refractivity contribution in [2.45, 2.75) is 31.4 Å². The Hall–Kier alpha value is -0.130. The van der Waals surface area contributed by atoms with Crippen LogP contribution in [-0.2, 0) is 14.4 Å². The molecule has 0 radical (unpaired) electrons. The van der Waals surface area contributed by atoms with Crippen molar-refractivity contribution in [1.29, 1.82) is 0 Å². The Balaban J connectivity index is 2.13. The van der Waals surface area contributed by atoms with E-state index in [1.54, 1.807) is 0 Å². The van der Waals surface area contributed by atoms with Gasteiger partial charge in [-0.3, -0.25) is 9.63 Å². The van der Waals surface area contributed by atoms with Crippen LogP contribution in [0.15, 0.2) is 0 Å². The van der Waals surface area contributed by atoms with Gasteiger partial charge in [0.2, 0.25) is 0 Å². The van der Waals surface area contributed by atoms with E-state index in [0.717, 1.165) is 19.4 Å². The van der Waals surface area contributed by atoms with E-state index in [0.29, 0.717) is 5.33 Å². The molecule has 4 nitrogen and oxygen atoms in total. The first-order chi connectivity index (χ1) is 7.27. The van der Waals surface area contributed by atoms with Gasteiger partial charge in [0.15, 0.2) is 0 Å². The maximum Gasteiger partial charge on any atom is 0.313 e. The number of rotatable bonds is 2. The van der Waals surface area contributed by atoms with Gasteiger partial charge in [-0.05, 0) is 12.8 Å². The van der Waals surface area contributed by atoms with Crippen LogP contribution in [0.4, 0.5) is 0 Å². The van der Waals surface area contributed by atoms with Crippen LogP contribution in [0.1, 0.15) is 19.3 Å².